The molecule has 1 amide bonds. The molecule has 1 aliphatic heterocycles. The second-order valence-corrected chi connectivity index (χ2v) is 9.27. The van der Waals surface area contributed by atoms with Crippen LogP contribution in [0.2, 0.25) is 0 Å². The molecule has 144 valence electrons. The van der Waals surface area contributed by atoms with Crippen LogP contribution in [0.15, 0.2) is 24.3 Å². The Bertz CT molecular complexity index is 742. The molecule has 0 unspecified atom stereocenters. The van der Waals surface area contributed by atoms with Gasteiger partial charge in [0.15, 0.2) is 0 Å². The second-order valence-electron chi connectivity index (χ2n) is 7.25. The molecule has 1 saturated carbocycles. The molecule has 0 bridgehead atoms. The number of amides is 1. The van der Waals surface area contributed by atoms with Crippen molar-refractivity contribution in [3.8, 4) is 5.75 Å². The monoisotopic (exact) mass is 380 g/mol. The number of ether oxygens (including phenoxy) is 1. The fraction of sp³-hybridized carbons (Fsp3) is 0.632. The average molecular weight is 381 g/mol. The maximum atomic E-state index is 13.5. The Balaban J connectivity index is 1.96. The largest absolute Gasteiger partial charge is 0.497 e. The van der Waals surface area contributed by atoms with E-state index in [4.69, 9.17) is 4.74 Å². The van der Waals surface area contributed by atoms with E-state index in [9.17, 15) is 13.2 Å². The maximum absolute atomic E-state index is 13.5. The number of hydrogen-bond donors (Lipinski definition) is 2. The molecule has 26 heavy (non-hydrogen) atoms. The van der Waals surface area contributed by atoms with E-state index in [1.54, 1.807) is 7.11 Å². The molecule has 2 fully saturated rings. The standard InChI is InChI=1S/C19H28N2O4S/c1-25-16-9-7-8-15(14-16)19(11-4-2-5-12-19)26(23,24)21-17-10-3-6-13-20-18(17)22/h7-9,14,17,21H,2-6,10-13H2,1H3,(H,20,22)/t17-/m0/s1. The maximum Gasteiger partial charge on any atom is 0.238 e. The Hall–Kier alpha value is -1.60. The highest BCUT2D eigenvalue weighted by Gasteiger charge is 2.47. The third-order valence-electron chi connectivity index (χ3n) is 5.60. The molecule has 1 atom stereocenters. The van der Waals surface area contributed by atoms with Crippen LogP contribution in [0.4, 0.5) is 0 Å². The molecule has 1 heterocycles. The molecule has 1 aromatic rings. The van der Waals surface area contributed by atoms with Gasteiger partial charge in [-0.15, -0.1) is 0 Å². The number of nitrogens with one attached hydrogen (secondary N) is 2. The summed E-state index contributed by atoms with van der Waals surface area (Å²) in [6, 6.07) is 6.64. The molecular weight excluding hydrogens is 352 g/mol. The van der Waals surface area contributed by atoms with Gasteiger partial charge in [-0.05, 0) is 49.8 Å². The summed E-state index contributed by atoms with van der Waals surface area (Å²) in [6.45, 7) is 0.609. The van der Waals surface area contributed by atoms with E-state index in [1.165, 1.54) is 0 Å². The molecule has 2 aliphatic rings. The third kappa shape index (κ3) is 3.74. The van der Waals surface area contributed by atoms with Crippen LogP contribution in [0.5, 0.6) is 5.75 Å². The molecule has 0 aromatic heterocycles. The summed E-state index contributed by atoms with van der Waals surface area (Å²) < 4.78 is 34.1. The van der Waals surface area contributed by atoms with Gasteiger partial charge in [0.1, 0.15) is 16.5 Å². The summed E-state index contributed by atoms with van der Waals surface area (Å²) >= 11 is 0. The predicted molar refractivity (Wildman–Crippen MR) is 100 cm³/mol. The highest BCUT2D eigenvalue weighted by Crippen LogP contribution is 2.44. The van der Waals surface area contributed by atoms with E-state index in [1.807, 2.05) is 24.3 Å². The Morgan fingerprint density at radius 3 is 2.65 bits per heavy atom. The van der Waals surface area contributed by atoms with Crippen molar-refractivity contribution in [1.82, 2.24) is 10.0 Å². The summed E-state index contributed by atoms with van der Waals surface area (Å²) in [5.41, 5.74) is 0.748. The van der Waals surface area contributed by atoms with Crippen molar-refractivity contribution >= 4 is 15.9 Å². The molecule has 3 rings (SSSR count). The van der Waals surface area contributed by atoms with E-state index in [0.29, 0.717) is 31.6 Å². The highest BCUT2D eigenvalue weighted by atomic mass is 32.2. The topological polar surface area (TPSA) is 84.5 Å². The third-order valence-corrected chi connectivity index (χ3v) is 7.87. The van der Waals surface area contributed by atoms with Crippen LogP contribution in [0.25, 0.3) is 0 Å². The summed E-state index contributed by atoms with van der Waals surface area (Å²) in [4.78, 5) is 12.3. The number of carbonyl (C=O) groups excluding carboxylic acids is 1. The van der Waals surface area contributed by atoms with Crippen LogP contribution < -0.4 is 14.8 Å². The van der Waals surface area contributed by atoms with Crippen molar-refractivity contribution in [2.45, 2.75) is 62.2 Å². The van der Waals surface area contributed by atoms with E-state index < -0.39 is 20.8 Å². The Labute approximate surface area is 155 Å². The average Bonchev–Trinajstić information content (AvgIpc) is 2.86. The highest BCUT2D eigenvalue weighted by molar-refractivity contribution is 7.90. The van der Waals surface area contributed by atoms with Gasteiger partial charge in [0, 0.05) is 6.54 Å². The molecule has 1 saturated heterocycles. The van der Waals surface area contributed by atoms with Gasteiger partial charge in [-0.25, -0.2) is 13.1 Å². The molecule has 2 N–H and O–H groups in total. The van der Waals surface area contributed by atoms with Crippen LogP contribution in [0, 0.1) is 0 Å². The molecule has 0 spiro atoms. The summed E-state index contributed by atoms with van der Waals surface area (Å²) in [5.74, 6) is 0.428. The minimum atomic E-state index is -3.74. The first kappa shape index (κ1) is 19.2. The lowest BCUT2D eigenvalue weighted by molar-refractivity contribution is -0.122. The Kier molecular flexibility index (Phi) is 5.87. The number of carbonyl (C=O) groups is 1. The van der Waals surface area contributed by atoms with E-state index >= 15 is 0 Å². The van der Waals surface area contributed by atoms with E-state index in [-0.39, 0.29) is 5.91 Å². The lowest BCUT2D eigenvalue weighted by atomic mass is 9.83. The minimum Gasteiger partial charge on any atom is -0.497 e. The Morgan fingerprint density at radius 2 is 1.92 bits per heavy atom. The summed E-state index contributed by atoms with van der Waals surface area (Å²) in [7, 11) is -2.16. The van der Waals surface area contributed by atoms with Crippen LogP contribution >= 0.6 is 0 Å². The number of hydrogen-bond acceptors (Lipinski definition) is 4. The predicted octanol–water partition coefficient (Wildman–Crippen LogP) is 2.44. The van der Waals surface area contributed by atoms with Crippen molar-refractivity contribution in [3.05, 3.63) is 29.8 Å². The fourth-order valence-electron chi connectivity index (χ4n) is 4.09. The number of benzene rings is 1. The zero-order chi connectivity index (χ0) is 18.6. The molecule has 6 nitrogen and oxygen atoms in total. The van der Waals surface area contributed by atoms with Gasteiger partial charge in [0.2, 0.25) is 15.9 Å². The zero-order valence-electron chi connectivity index (χ0n) is 15.3. The molecule has 1 aromatic carbocycles. The van der Waals surface area contributed by atoms with Crippen molar-refractivity contribution in [3.63, 3.8) is 0 Å². The lowest BCUT2D eigenvalue weighted by Crippen LogP contribution is -2.52. The van der Waals surface area contributed by atoms with Gasteiger partial charge in [0.05, 0.1) is 7.11 Å². The zero-order valence-corrected chi connectivity index (χ0v) is 16.1. The first-order valence-corrected chi connectivity index (χ1v) is 10.9. The first-order valence-electron chi connectivity index (χ1n) is 9.43. The van der Waals surface area contributed by atoms with Crippen molar-refractivity contribution in [2.75, 3.05) is 13.7 Å². The van der Waals surface area contributed by atoms with Crippen LogP contribution in [-0.2, 0) is 19.6 Å². The summed E-state index contributed by atoms with van der Waals surface area (Å²) in [5, 5.41) is 2.80. The minimum absolute atomic E-state index is 0.220. The number of rotatable bonds is 5. The molecule has 7 heteroatoms. The molecule has 1 aliphatic carbocycles. The summed E-state index contributed by atoms with van der Waals surface area (Å²) in [6.07, 6.45) is 6.12. The first-order chi connectivity index (χ1) is 12.5. The smallest absolute Gasteiger partial charge is 0.238 e. The van der Waals surface area contributed by atoms with Crippen LogP contribution in [0.1, 0.15) is 56.9 Å². The van der Waals surface area contributed by atoms with Crippen molar-refractivity contribution in [2.24, 2.45) is 0 Å². The van der Waals surface area contributed by atoms with Gasteiger partial charge >= 0.3 is 0 Å². The van der Waals surface area contributed by atoms with E-state index in [2.05, 4.69) is 10.0 Å². The normalized spacial score (nSPS) is 23.7. The van der Waals surface area contributed by atoms with Gasteiger partial charge in [-0.1, -0.05) is 31.4 Å². The van der Waals surface area contributed by atoms with Crippen LogP contribution in [-0.4, -0.2) is 34.0 Å². The number of methoxy groups -OCH3 is 1. The second kappa shape index (κ2) is 7.96. The molecule has 0 radical (unpaired) electrons. The van der Waals surface area contributed by atoms with Gasteiger partial charge in [-0.2, -0.15) is 0 Å². The number of sulfonamides is 1. The van der Waals surface area contributed by atoms with Crippen LogP contribution in [0.3, 0.4) is 0 Å². The lowest BCUT2D eigenvalue weighted by Gasteiger charge is -2.38. The van der Waals surface area contributed by atoms with Gasteiger partial charge < -0.3 is 10.1 Å². The Morgan fingerprint density at radius 1 is 1.15 bits per heavy atom. The van der Waals surface area contributed by atoms with Crippen molar-refractivity contribution in [1.29, 1.82) is 0 Å². The van der Waals surface area contributed by atoms with Gasteiger partial charge in [-0.3, -0.25) is 4.79 Å². The molecular formula is C19H28N2O4S. The van der Waals surface area contributed by atoms with Gasteiger partial charge in [0.25, 0.3) is 0 Å². The van der Waals surface area contributed by atoms with E-state index in [0.717, 1.165) is 37.7 Å². The SMILES string of the molecule is COc1cccc(C2(S(=O)(=O)N[C@H]3CCCCNC3=O)CCCCC2)c1. The van der Waals surface area contributed by atoms with Crippen molar-refractivity contribution < 1.29 is 17.9 Å². The fourth-order valence-corrected chi connectivity index (χ4v) is 6.18. The quantitative estimate of drug-likeness (QED) is 0.822.